The molecule has 4 N–H and O–H groups in total. The predicted molar refractivity (Wildman–Crippen MR) is 128 cm³/mol. The largest absolute Gasteiger partial charge is 0.392 e. The van der Waals surface area contributed by atoms with E-state index < -0.39 is 0 Å². The number of amides is 1. The highest BCUT2D eigenvalue weighted by molar-refractivity contribution is 6.31. The first-order valence-corrected chi connectivity index (χ1v) is 12.2. The summed E-state index contributed by atoms with van der Waals surface area (Å²) < 4.78 is 0. The first-order chi connectivity index (χ1) is 16.1. The van der Waals surface area contributed by atoms with Crippen molar-refractivity contribution in [3.05, 3.63) is 46.1 Å². The number of aliphatic hydroxyl groups excluding tert-OH is 1. The highest BCUT2D eigenvalue weighted by atomic mass is 35.5. The lowest BCUT2D eigenvalue weighted by Crippen LogP contribution is -2.36. The van der Waals surface area contributed by atoms with Crippen LogP contribution in [0.3, 0.4) is 0 Å². The quantitative estimate of drug-likeness (QED) is 0.470. The van der Waals surface area contributed by atoms with Crippen LogP contribution in [0, 0.1) is 17.8 Å². The summed E-state index contributed by atoms with van der Waals surface area (Å²) in [6, 6.07) is 5.55. The van der Waals surface area contributed by atoms with Crippen molar-refractivity contribution < 1.29 is 9.90 Å². The average Bonchev–Trinajstić information content (AvgIpc) is 3.46. The molecule has 33 heavy (non-hydrogen) atoms. The Labute approximate surface area is 199 Å². The van der Waals surface area contributed by atoms with Gasteiger partial charge in [-0.25, -0.2) is 4.98 Å². The van der Waals surface area contributed by atoms with Gasteiger partial charge in [-0.15, -0.1) is 0 Å². The summed E-state index contributed by atoms with van der Waals surface area (Å²) in [5.41, 5.74) is 2.09. The molecule has 2 aromatic rings. The molecule has 1 aromatic carbocycles. The van der Waals surface area contributed by atoms with Gasteiger partial charge in [0, 0.05) is 37.4 Å². The number of rotatable bonds is 8. The second kappa shape index (κ2) is 9.83. The van der Waals surface area contributed by atoms with Crippen molar-refractivity contribution in [3.63, 3.8) is 0 Å². The predicted octanol–water partition coefficient (Wildman–Crippen LogP) is 2.42. The number of fused-ring (bicyclic) bond motifs is 1. The average molecular weight is 471 g/mol. The Bertz CT molecular complexity index is 1000. The summed E-state index contributed by atoms with van der Waals surface area (Å²) in [5.74, 6) is 3.09. The Kier molecular flexibility index (Phi) is 6.66. The Morgan fingerprint density at radius 1 is 1.24 bits per heavy atom. The number of aliphatic hydroxyl groups is 1. The molecule has 2 aliphatic heterocycles. The topological polar surface area (TPSA) is 102 Å². The zero-order valence-electron chi connectivity index (χ0n) is 18.7. The molecule has 1 amide bonds. The van der Waals surface area contributed by atoms with E-state index in [-0.39, 0.29) is 12.5 Å². The maximum absolute atomic E-state index is 13.0. The van der Waals surface area contributed by atoms with Crippen molar-refractivity contribution in [2.75, 3.05) is 42.9 Å². The minimum atomic E-state index is -0.152. The number of aromatic nitrogens is 2. The fraction of sp³-hybridized carbons (Fsp3) is 0.542. The van der Waals surface area contributed by atoms with E-state index >= 15 is 0 Å². The first-order valence-electron chi connectivity index (χ1n) is 11.8. The number of carbonyl (C=O) groups is 1. The number of benzene rings is 1. The van der Waals surface area contributed by atoms with Gasteiger partial charge in [0.05, 0.1) is 6.61 Å². The summed E-state index contributed by atoms with van der Waals surface area (Å²) in [5, 5.41) is 19.6. The second-order valence-electron chi connectivity index (χ2n) is 9.43. The fourth-order valence-corrected chi connectivity index (χ4v) is 5.08. The van der Waals surface area contributed by atoms with E-state index in [9.17, 15) is 9.90 Å². The van der Waals surface area contributed by atoms with Crippen LogP contribution in [0.25, 0.3) is 0 Å². The number of carbonyl (C=O) groups excluding carboxylic acids is 1. The first kappa shape index (κ1) is 22.4. The molecular weight excluding hydrogens is 440 g/mol. The van der Waals surface area contributed by atoms with Crippen molar-refractivity contribution in [3.8, 4) is 0 Å². The summed E-state index contributed by atoms with van der Waals surface area (Å²) in [6.07, 6.45) is 5.10. The molecular formula is C24H31ClN6O2. The van der Waals surface area contributed by atoms with E-state index in [1.165, 1.54) is 6.42 Å². The summed E-state index contributed by atoms with van der Waals surface area (Å²) >= 11 is 6.25. The van der Waals surface area contributed by atoms with Gasteiger partial charge < -0.3 is 26.0 Å². The molecule has 0 bridgehead atoms. The van der Waals surface area contributed by atoms with Crippen LogP contribution in [0.2, 0.25) is 5.02 Å². The van der Waals surface area contributed by atoms with Crippen LogP contribution < -0.4 is 20.9 Å². The molecule has 2 saturated heterocycles. The van der Waals surface area contributed by atoms with E-state index in [4.69, 9.17) is 16.6 Å². The standard InChI is InChI=1S/C24H31ClN6O2/c25-21-7-16(1-2-17(21)14-32)10-27-22-20(23(33)28-9-15-3-5-26-6-4-15)11-29-24(30-22)31-12-18-8-19(18)13-31/h1-2,7,11,15,18-19,26,32H,3-6,8-10,12-14H2,(H,28,33)(H,27,29,30). The highest BCUT2D eigenvalue weighted by Gasteiger charge is 2.45. The number of anilines is 2. The summed E-state index contributed by atoms with van der Waals surface area (Å²) in [6.45, 7) is 5.01. The molecule has 2 unspecified atom stereocenters. The molecule has 3 fully saturated rings. The number of piperidine rings is 2. The molecule has 0 spiro atoms. The summed E-state index contributed by atoms with van der Waals surface area (Å²) in [7, 11) is 0. The van der Waals surface area contributed by atoms with Gasteiger partial charge in [0.2, 0.25) is 5.95 Å². The van der Waals surface area contributed by atoms with Crippen LogP contribution in [0.5, 0.6) is 0 Å². The molecule has 8 nitrogen and oxygen atoms in total. The minimum absolute atomic E-state index is 0.0962. The Morgan fingerprint density at radius 2 is 2.03 bits per heavy atom. The molecule has 0 radical (unpaired) electrons. The summed E-state index contributed by atoms with van der Waals surface area (Å²) in [4.78, 5) is 24.6. The third kappa shape index (κ3) is 5.23. The fourth-order valence-electron chi connectivity index (χ4n) is 4.82. The molecule has 176 valence electrons. The molecule has 1 aliphatic carbocycles. The molecule has 3 heterocycles. The maximum Gasteiger partial charge on any atom is 0.256 e. The normalized spacial score (nSPS) is 22.2. The number of hydrogen-bond acceptors (Lipinski definition) is 7. The van der Waals surface area contributed by atoms with E-state index in [1.54, 1.807) is 6.20 Å². The molecule has 5 rings (SSSR count). The van der Waals surface area contributed by atoms with E-state index in [0.717, 1.165) is 56.4 Å². The third-order valence-electron chi connectivity index (χ3n) is 7.04. The van der Waals surface area contributed by atoms with Gasteiger partial charge in [-0.3, -0.25) is 4.79 Å². The van der Waals surface area contributed by atoms with Gasteiger partial charge in [-0.05, 0) is 67.3 Å². The smallest absolute Gasteiger partial charge is 0.256 e. The highest BCUT2D eigenvalue weighted by Crippen LogP contribution is 2.45. The van der Waals surface area contributed by atoms with Crippen molar-refractivity contribution >= 4 is 29.3 Å². The number of nitrogens with one attached hydrogen (secondary N) is 3. The molecule has 2 atom stereocenters. The van der Waals surface area contributed by atoms with E-state index in [0.29, 0.717) is 46.9 Å². The molecule has 3 aliphatic rings. The SMILES string of the molecule is O=C(NCC1CCNCC1)c1cnc(N2CC3CC3C2)nc1NCc1ccc(CO)c(Cl)c1. The van der Waals surface area contributed by atoms with Gasteiger partial charge in [0.25, 0.3) is 5.91 Å². The Hall–Kier alpha value is -2.42. The number of nitrogens with zero attached hydrogens (tertiary/aromatic N) is 3. The Morgan fingerprint density at radius 3 is 2.76 bits per heavy atom. The van der Waals surface area contributed by atoms with Crippen molar-refractivity contribution in [2.24, 2.45) is 17.8 Å². The lowest BCUT2D eigenvalue weighted by Gasteiger charge is -2.23. The van der Waals surface area contributed by atoms with Gasteiger partial charge in [0.1, 0.15) is 11.4 Å². The lowest BCUT2D eigenvalue weighted by molar-refractivity contribution is 0.0944. The van der Waals surface area contributed by atoms with Crippen molar-refractivity contribution in [2.45, 2.75) is 32.4 Å². The molecule has 1 saturated carbocycles. The van der Waals surface area contributed by atoms with E-state index in [1.807, 2.05) is 18.2 Å². The van der Waals surface area contributed by atoms with Gasteiger partial charge in [0.15, 0.2) is 0 Å². The molecule has 9 heteroatoms. The van der Waals surface area contributed by atoms with Crippen LogP contribution in [-0.2, 0) is 13.2 Å². The number of hydrogen-bond donors (Lipinski definition) is 4. The number of halogens is 1. The van der Waals surface area contributed by atoms with E-state index in [2.05, 4.69) is 25.8 Å². The van der Waals surface area contributed by atoms with Gasteiger partial charge in [-0.1, -0.05) is 23.7 Å². The zero-order valence-corrected chi connectivity index (χ0v) is 19.4. The van der Waals surface area contributed by atoms with Gasteiger partial charge in [-0.2, -0.15) is 4.98 Å². The van der Waals surface area contributed by atoms with Crippen molar-refractivity contribution in [1.82, 2.24) is 20.6 Å². The maximum atomic E-state index is 13.0. The van der Waals surface area contributed by atoms with Crippen LogP contribution in [0.1, 0.15) is 40.7 Å². The monoisotopic (exact) mass is 470 g/mol. The van der Waals surface area contributed by atoms with Crippen LogP contribution in [0.4, 0.5) is 11.8 Å². The van der Waals surface area contributed by atoms with Gasteiger partial charge >= 0.3 is 0 Å². The minimum Gasteiger partial charge on any atom is -0.392 e. The van der Waals surface area contributed by atoms with Crippen LogP contribution in [-0.4, -0.2) is 53.7 Å². The van der Waals surface area contributed by atoms with Crippen LogP contribution in [0.15, 0.2) is 24.4 Å². The third-order valence-corrected chi connectivity index (χ3v) is 7.39. The lowest BCUT2D eigenvalue weighted by atomic mass is 9.98. The molecule has 1 aromatic heterocycles. The Balaban J connectivity index is 1.31. The zero-order chi connectivity index (χ0) is 22.8. The van der Waals surface area contributed by atoms with Crippen molar-refractivity contribution in [1.29, 1.82) is 0 Å². The second-order valence-corrected chi connectivity index (χ2v) is 9.84. The van der Waals surface area contributed by atoms with Crippen LogP contribution >= 0.6 is 11.6 Å².